The Bertz CT molecular complexity index is 1020. The molecule has 0 bridgehead atoms. The molecule has 1 saturated heterocycles. The normalized spacial score (nSPS) is 15.5. The molecule has 1 aliphatic rings. The fourth-order valence-electron chi connectivity index (χ4n) is 3.71. The van der Waals surface area contributed by atoms with Crippen LogP contribution in [0.3, 0.4) is 0 Å². The third-order valence-corrected chi connectivity index (χ3v) is 5.63. The lowest BCUT2D eigenvalue weighted by Crippen LogP contribution is -2.54. The van der Waals surface area contributed by atoms with Crippen molar-refractivity contribution in [3.8, 4) is 11.8 Å². The Labute approximate surface area is 200 Å². The average Bonchev–Trinajstić information content (AvgIpc) is 3.09. The molecule has 34 heavy (non-hydrogen) atoms. The number of rotatable bonds is 7. The van der Waals surface area contributed by atoms with Crippen LogP contribution < -0.4 is 5.32 Å². The van der Waals surface area contributed by atoms with E-state index in [1.54, 1.807) is 24.3 Å². The Hall–Kier alpha value is -3.02. The van der Waals surface area contributed by atoms with Crippen LogP contribution in [0.4, 0.5) is 0 Å². The van der Waals surface area contributed by atoms with Gasteiger partial charge in [-0.05, 0) is 62.2 Å². The number of benzene rings is 2. The molecular weight excluding hydrogens is 432 g/mol. The molecule has 0 saturated carbocycles. The zero-order valence-corrected chi connectivity index (χ0v) is 19.7. The quantitative estimate of drug-likeness (QED) is 0.540. The largest absolute Gasteiger partial charge is 0.388 e. The van der Waals surface area contributed by atoms with E-state index in [9.17, 15) is 14.7 Å². The first-order chi connectivity index (χ1) is 16.3. The van der Waals surface area contributed by atoms with Gasteiger partial charge in [-0.3, -0.25) is 14.5 Å². The van der Waals surface area contributed by atoms with E-state index in [2.05, 4.69) is 34.2 Å². The summed E-state index contributed by atoms with van der Waals surface area (Å²) in [6.07, 6.45) is 1.06. The van der Waals surface area contributed by atoms with E-state index in [1.165, 1.54) is 19.4 Å². The Morgan fingerprint density at radius 1 is 1.03 bits per heavy atom. The number of aliphatic hydroxyl groups excluding tert-OH is 1. The standard InChI is InChI=1S/C27H32N2O5/c1-27(2,33)25(24(31)19-30)28-26(32)23-12-10-21(11-13-23)5-4-20-6-8-22(9-7-20)18-29-14-3-16-34-17-15-29/h6-13,25,30,33H,3,14-19H2,1-2H3,(H,28,32)/t25-/m1/s1. The number of Topliss-reactive ketones (excluding diaryl/α,β-unsaturated/α-hetero) is 1. The molecule has 7 nitrogen and oxygen atoms in total. The van der Waals surface area contributed by atoms with Gasteiger partial charge in [0.15, 0.2) is 5.78 Å². The summed E-state index contributed by atoms with van der Waals surface area (Å²) in [4.78, 5) is 26.8. The molecule has 7 heteroatoms. The fraction of sp³-hybridized carbons (Fsp3) is 0.407. The molecular formula is C27H32N2O5. The highest BCUT2D eigenvalue weighted by Crippen LogP contribution is 2.12. The van der Waals surface area contributed by atoms with Gasteiger partial charge in [-0.25, -0.2) is 0 Å². The summed E-state index contributed by atoms with van der Waals surface area (Å²) in [7, 11) is 0. The first kappa shape index (κ1) is 25.6. The maximum atomic E-state index is 12.5. The highest BCUT2D eigenvalue weighted by atomic mass is 16.5. The predicted molar refractivity (Wildman–Crippen MR) is 129 cm³/mol. The number of ether oxygens (including phenoxy) is 1. The third kappa shape index (κ3) is 7.51. The topological polar surface area (TPSA) is 99.1 Å². The van der Waals surface area contributed by atoms with Crippen molar-refractivity contribution in [3.63, 3.8) is 0 Å². The van der Waals surface area contributed by atoms with Crippen molar-refractivity contribution < 1.29 is 24.5 Å². The average molecular weight is 465 g/mol. The van der Waals surface area contributed by atoms with Crippen LogP contribution >= 0.6 is 0 Å². The molecule has 1 amide bonds. The second kappa shape index (κ2) is 11.9. The molecule has 1 heterocycles. The van der Waals surface area contributed by atoms with Gasteiger partial charge in [0.05, 0.1) is 12.2 Å². The van der Waals surface area contributed by atoms with Crippen molar-refractivity contribution in [2.45, 2.75) is 38.5 Å². The third-order valence-electron chi connectivity index (χ3n) is 5.63. The van der Waals surface area contributed by atoms with Crippen LogP contribution in [0.5, 0.6) is 0 Å². The number of hydrogen-bond donors (Lipinski definition) is 3. The molecule has 3 N–H and O–H groups in total. The van der Waals surface area contributed by atoms with Crippen LogP contribution in [-0.2, 0) is 16.1 Å². The number of amides is 1. The van der Waals surface area contributed by atoms with Gasteiger partial charge in [0.1, 0.15) is 12.6 Å². The molecule has 0 spiro atoms. The molecule has 0 aliphatic carbocycles. The summed E-state index contributed by atoms with van der Waals surface area (Å²) in [6.45, 7) is 6.56. The lowest BCUT2D eigenvalue weighted by molar-refractivity contribution is -0.129. The zero-order chi connectivity index (χ0) is 24.6. The van der Waals surface area contributed by atoms with Crippen molar-refractivity contribution in [2.75, 3.05) is 32.9 Å². The van der Waals surface area contributed by atoms with Crippen LogP contribution in [-0.4, -0.2) is 71.4 Å². The zero-order valence-electron chi connectivity index (χ0n) is 19.7. The van der Waals surface area contributed by atoms with Crippen molar-refractivity contribution in [2.24, 2.45) is 0 Å². The van der Waals surface area contributed by atoms with Crippen LogP contribution in [0.25, 0.3) is 0 Å². The number of nitrogens with one attached hydrogen (secondary N) is 1. The predicted octanol–water partition coefficient (Wildman–Crippen LogP) is 1.74. The SMILES string of the molecule is CC(C)(O)[C@H](NC(=O)c1ccc(C#Cc2ccc(CN3CCCOCC3)cc2)cc1)C(=O)CO. The van der Waals surface area contributed by atoms with E-state index >= 15 is 0 Å². The maximum Gasteiger partial charge on any atom is 0.251 e. The highest BCUT2D eigenvalue weighted by molar-refractivity contribution is 5.98. The van der Waals surface area contributed by atoms with Crippen molar-refractivity contribution in [1.82, 2.24) is 10.2 Å². The maximum absolute atomic E-state index is 12.5. The van der Waals surface area contributed by atoms with Gasteiger partial charge in [0, 0.05) is 42.9 Å². The molecule has 3 rings (SSSR count). The van der Waals surface area contributed by atoms with Gasteiger partial charge in [0.2, 0.25) is 0 Å². The van der Waals surface area contributed by atoms with E-state index in [0.717, 1.165) is 50.4 Å². The highest BCUT2D eigenvalue weighted by Gasteiger charge is 2.34. The van der Waals surface area contributed by atoms with Crippen molar-refractivity contribution in [3.05, 3.63) is 70.8 Å². The Balaban J connectivity index is 1.60. The summed E-state index contributed by atoms with van der Waals surface area (Å²) in [5, 5.41) is 21.7. The lowest BCUT2D eigenvalue weighted by atomic mass is 9.94. The Morgan fingerprint density at radius 3 is 2.24 bits per heavy atom. The minimum Gasteiger partial charge on any atom is -0.388 e. The Kier molecular flexibility index (Phi) is 8.97. The van der Waals surface area contributed by atoms with Crippen LogP contribution in [0.1, 0.15) is 47.3 Å². The molecule has 1 aliphatic heterocycles. The monoisotopic (exact) mass is 464 g/mol. The molecule has 0 radical (unpaired) electrons. The molecule has 2 aromatic rings. The minimum absolute atomic E-state index is 0.328. The molecule has 1 atom stereocenters. The molecule has 2 aromatic carbocycles. The van der Waals surface area contributed by atoms with Gasteiger partial charge in [-0.1, -0.05) is 24.0 Å². The minimum atomic E-state index is -1.50. The number of nitrogens with zero attached hydrogens (tertiary/aromatic N) is 1. The number of aliphatic hydroxyl groups is 2. The van der Waals surface area contributed by atoms with Crippen molar-refractivity contribution >= 4 is 11.7 Å². The Morgan fingerprint density at radius 2 is 1.65 bits per heavy atom. The van der Waals surface area contributed by atoms with Gasteiger partial charge < -0.3 is 20.3 Å². The van der Waals surface area contributed by atoms with Gasteiger partial charge >= 0.3 is 0 Å². The number of hydrogen-bond acceptors (Lipinski definition) is 6. The number of carbonyl (C=O) groups is 2. The van der Waals surface area contributed by atoms with Crippen molar-refractivity contribution in [1.29, 1.82) is 0 Å². The van der Waals surface area contributed by atoms with E-state index in [0.29, 0.717) is 5.56 Å². The number of ketones is 1. The van der Waals surface area contributed by atoms with E-state index in [-0.39, 0.29) is 0 Å². The summed E-state index contributed by atoms with van der Waals surface area (Å²) >= 11 is 0. The molecule has 0 unspecified atom stereocenters. The van der Waals surface area contributed by atoms with Crippen LogP contribution in [0.15, 0.2) is 48.5 Å². The molecule has 180 valence electrons. The molecule has 0 aromatic heterocycles. The summed E-state index contributed by atoms with van der Waals surface area (Å²) in [5.41, 5.74) is 1.72. The fourth-order valence-corrected chi connectivity index (χ4v) is 3.71. The van der Waals surface area contributed by atoms with Gasteiger partial charge in [-0.2, -0.15) is 0 Å². The molecule has 1 fully saturated rings. The second-order valence-electron chi connectivity index (χ2n) is 8.95. The number of carbonyl (C=O) groups excluding carboxylic acids is 2. The van der Waals surface area contributed by atoms with E-state index in [4.69, 9.17) is 9.84 Å². The van der Waals surface area contributed by atoms with E-state index < -0.39 is 29.9 Å². The second-order valence-corrected chi connectivity index (χ2v) is 8.95. The lowest BCUT2D eigenvalue weighted by Gasteiger charge is -2.28. The smallest absolute Gasteiger partial charge is 0.251 e. The van der Waals surface area contributed by atoms with Gasteiger partial charge in [0.25, 0.3) is 5.91 Å². The van der Waals surface area contributed by atoms with Gasteiger partial charge in [-0.15, -0.1) is 0 Å². The van der Waals surface area contributed by atoms with Crippen LogP contribution in [0.2, 0.25) is 0 Å². The summed E-state index contributed by atoms with van der Waals surface area (Å²) in [6, 6.07) is 13.7. The van der Waals surface area contributed by atoms with Crippen LogP contribution in [0, 0.1) is 11.8 Å². The summed E-state index contributed by atoms with van der Waals surface area (Å²) in [5.74, 6) is 5.06. The van der Waals surface area contributed by atoms with E-state index in [1.807, 2.05) is 12.1 Å². The summed E-state index contributed by atoms with van der Waals surface area (Å²) < 4.78 is 5.51. The first-order valence-corrected chi connectivity index (χ1v) is 11.4. The first-order valence-electron chi connectivity index (χ1n) is 11.4.